The molecule has 0 aliphatic heterocycles. The summed E-state index contributed by atoms with van der Waals surface area (Å²) < 4.78 is 0. The van der Waals surface area contributed by atoms with Crippen LogP contribution in [0, 0.1) is 0 Å². The Labute approximate surface area is 129 Å². The van der Waals surface area contributed by atoms with Gasteiger partial charge in [-0.25, -0.2) is 0 Å². The normalized spacial score (nSPS) is 21.6. The van der Waals surface area contributed by atoms with Gasteiger partial charge in [0.2, 0.25) is 0 Å². The Morgan fingerprint density at radius 1 is 0.950 bits per heavy atom. The summed E-state index contributed by atoms with van der Waals surface area (Å²) in [6.45, 7) is 0. The topological polar surface area (TPSA) is 16.6 Å². The molecule has 0 saturated carbocycles. The van der Waals surface area contributed by atoms with Crippen LogP contribution >= 0.6 is 23.2 Å². The van der Waals surface area contributed by atoms with Crippen LogP contribution in [0.15, 0.2) is 42.5 Å². The van der Waals surface area contributed by atoms with Gasteiger partial charge in [0.15, 0.2) is 0 Å². The van der Waals surface area contributed by atoms with Crippen LogP contribution in [0.4, 0.5) is 0 Å². The Morgan fingerprint density at radius 3 is 2.40 bits per heavy atom. The Hall–Kier alpha value is -1.02. The van der Waals surface area contributed by atoms with E-state index >= 15 is 0 Å². The fraction of sp³-hybridized carbons (Fsp3) is 0.294. The first-order valence-electron chi connectivity index (χ1n) is 7.04. The van der Waals surface area contributed by atoms with E-state index in [9.17, 15) is 0 Å². The molecule has 2 aromatic carbocycles. The zero-order valence-corrected chi connectivity index (χ0v) is 13.0. The molecule has 0 saturated heterocycles. The van der Waals surface area contributed by atoms with Crippen molar-refractivity contribution in [3.05, 3.63) is 69.2 Å². The first kappa shape index (κ1) is 13.9. The molecule has 2 N–H and O–H groups in total. The highest BCUT2D eigenvalue weighted by Gasteiger charge is 2.29. The summed E-state index contributed by atoms with van der Waals surface area (Å²) in [6.07, 6.45) is 2.35. The van der Waals surface area contributed by atoms with Gasteiger partial charge in [0.25, 0.3) is 0 Å². The number of quaternary nitrogens is 1. The van der Waals surface area contributed by atoms with Crippen molar-refractivity contribution in [3.8, 4) is 0 Å². The minimum Gasteiger partial charge on any atom is -0.342 e. The van der Waals surface area contributed by atoms with Crippen LogP contribution in [0.25, 0.3) is 0 Å². The molecule has 3 rings (SSSR count). The third-order valence-corrected chi connectivity index (χ3v) is 5.02. The minimum atomic E-state index is 0.428. The lowest BCUT2D eigenvalue weighted by Crippen LogP contribution is -2.81. The van der Waals surface area contributed by atoms with Crippen LogP contribution in [0.3, 0.4) is 0 Å². The van der Waals surface area contributed by atoms with Crippen molar-refractivity contribution in [3.63, 3.8) is 0 Å². The predicted octanol–water partition coefficient (Wildman–Crippen LogP) is 4.15. The monoisotopic (exact) mass is 306 g/mol. The molecule has 0 aromatic heterocycles. The average Bonchev–Trinajstić information content (AvgIpc) is 2.49. The van der Waals surface area contributed by atoms with Gasteiger partial charge in [-0.05, 0) is 29.7 Å². The zero-order valence-electron chi connectivity index (χ0n) is 11.4. The largest absolute Gasteiger partial charge is 0.342 e. The molecule has 104 valence electrons. The van der Waals surface area contributed by atoms with Gasteiger partial charge in [-0.1, -0.05) is 53.5 Å². The lowest BCUT2D eigenvalue weighted by Gasteiger charge is -2.30. The second kappa shape index (κ2) is 5.77. The van der Waals surface area contributed by atoms with Gasteiger partial charge in [-0.3, -0.25) is 0 Å². The zero-order chi connectivity index (χ0) is 14.1. The number of rotatable bonds is 2. The molecule has 2 atom stereocenters. The van der Waals surface area contributed by atoms with Crippen LogP contribution in [-0.4, -0.2) is 7.05 Å². The molecule has 3 heteroatoms. The van der Waals surface area contributed by atoms with Crippen LogP contribution < -0.4 is 5.32 Å². The molecular formula is C17H18Cl2N+. The second-order valence-corrected chi connectivity index (χ2v) is 6.19. The summed E-state index contributed by atoms with van der Waals surface area (Å²) in [5.41, 5.74) is 4.15. The molecule has 0 heterocycles. The third-order valence-electron chi connectivity index (χ3n) is 4.29. The maximum atomic E-state index is 6.18. The Morgan fingerprint density at radius 2 is 1.70 bits per heavy atom. The summed E-state index contributed by atoms with van der Waals surface area (Å²) in [6, 6.07) is 15.4. The summed E-state index contributed by atoms with van der Waals surface area (Å²) in [4.78, 5) is 0. The number of halogens is 2. The number of hydrogen-bond acceptors (Lipinski definition) is 0. The maximum absolute atomic E-state index is 6.18. The standard InChI is InChI=1S/C17H17Cl2N/c1-20-17-9-7-12(13-4-2-3-5-14(13)17)11-6-8-15(18)16(19)10-11/h2-6,8,10,12,17,20H,7,9H2,1H3/p+1/t12-,17-/m1/s1. The summed E-state index contributed by atoms with van der Waals surface area (Å²) in [5, 5.41) is 3.58. The van der Waals surface area contributed by atoms with Gasteiger partial charge in [-0.15, -0.1) is 0 Å². The van der Waals surface area contributed by atoms with Crippen LogP contribution in [0.2, 0.25) is 10.0 Å². The van der Waals surface area contributed by atoms with Crippen molar-refractivity contribution in [2.45, 2.75) is 24.8 Å². The molecule has 1 aliphatic carbocycles. The maximum Gasteiger partial charge on any atom is 0.112 e. The third kappa shape index (κ3) is 2.46. The Balaban J connectivity index is 2.05. The van der Waals surface area contributed by atoms with Gasteiger partial charge < -0.3 is 5.32 Å². The summed E-state index contributed by atoms with van der Waals surface area (Å²) in [5.74, 6) is 0.428. The van der Waals surface area contributed by atoms with Crippen molar-refractivity contribution in [2.24, 2.45) is 0 Å². The van der Waals surface area contributed by atoms with Crippen LogP contribution in [-0.2, 0) is 0 Å². The fourth-order valence-electron chi connectivity index (χ4n) is 3.24. The minimum absolute atomic E-state index is 0.428. The average molecular weight is 307 g/mol. The number of nitrogens with two attached hydrogens (primary N) is 1. The molecule has 0 spiro atoms. The molecule has 1 aliphatic rings. The van der Waals surface area contributed by atoms with Crippen molar-refractivity contribution in [2.75, 3.05) is 7.05 Å². The molecule has 1 nitrogen and oxygen atoms in total. The van der Waals surface area contributed by atoms with Gasteiger partial charge >= 0.3 is 0 Å². The molecule has 2 aromatic rings. The van der Waals surface area contributed by atoms with E-state index in [0.29, 0.717) is 22.0 Å². The summed E-state index contributed by atoms with van der Waals surface area (Å²) >= 11 is 12.2. The molecule has 0 fully saturated rings. The van der Waals surface area contributed by atoms with Gasteiger partial charge in [-0.2, -0.15) is 0 Å². The Bertz CT molecular complexity index is 624. The second-order valence-electron chi connectivity index (χ2n) is 5.37. The van der Waals surface area contributed by atoms with E-state index in [2.05, 4.69) is 42.7 Å². The van der Waals surface area contributed by atoms with E-state index in [0.717, 1.165) is 6.42 Å². The van der Waals surface area contributed by atoms with E-state index in [1.807, 2.05) is 12.1 Å². The van der Waals surface area contributed by atoms with Crippen molar-refractivity contribution in [1.82, 2.24) is 0 Å². The number of fused-ring (bicyclic) bond motifs is 1. The first-order valence-corrected chi connectivity index (χ1v) is 7.79. The van der Waals surface area contributed by atoms with Gasteiger partial charge in [0.1, 0.15) is 6.04 Å². The molecule has 0 amide bonds. The summed E-state index contributed by atoms with van der Waals surface area (Å²) in [7, 11) is 2.15. The Kier molecular flexibility index (Phi) is 4.02. The molecule has 0 unspecified atom stereocenters. The molecule has 0 bridgehead atoms. The molecule has 0 radical (unpaired) electrons. The smallest absolute Gasteiger partial charge is 0.112 e. The van der Waals surface area contributed by atoms with Gasteiger partial charge in [0, 0.05) is 17.9 Å². The van der Waals surface area contributed by atoms with Crippen molar-refractivity contribution in [1.29, 1.82) is 0 Å². The molecule has 20 heavy (non-hydrogen) atoms. The van der Waals surface area contributed by atoms with E-state index in [1.54, 1.807) is 0 Å². The van der Waals surface area contributed by atoms with E-state index < -0.39 is 0 Å². The fourth-order valence-corrected chi connectivity index (χ4v) is 3.55. The number of hydrogen-bond donors (Lipinski definition) is 1. The molecular weight excluding hydrogens is 289 g/mol. The quantitative estimate of drug-likeness (QED) is 0.858. The van der Waals surface area contributed by atoms with Crippen molar-refractivity contribution < 1.29 is 5.32 Å². The van der Waals surface area contributed by atoms with E-state index in [4.69, 9.17) is 23.2 Å². The lowest BCUT2D eigenvalue weighted by atomic mass is 9.77. The van der Waals surface area contributed by atoms with E-state index in [1.165, 1.54) is 23.1 Å². The highest BCUT2D eigenvalue weighted by Crippen LogP contribution is 2.40. The SMILES string of the molecule is C[NH2+][C@@H]1CC[C@H](c2ccc(Cl)c(Cl)c2)c2ccccc21. The van der Waals surface area contributed by atoms with Gasteiger partial charge in [0.05, 0.1) is 17.1 Å². The predicted molar refractivity (Wildman–Crippen MR) is 84.6 cm³/mol. The van der Waals surface area contributed by atoms with Crippen LogP contribution in [0.1, 0.15) is 41.5 Å². The lowest BCUT2D eigenvalue weighted by molar-refractivity contribution is -0.671. The highest BCUT2D eigenvalue weighted by molar-refractivity contribution is 6.42. The number of benzene rings is 2. The first-order chi connectivity index (χ1) is 9.70. The van der Waals surface area contributed by atoms with E-state index in [-0.39, 0.29) is 0 Å². The van der Waals surface area contributed by atoms with Crippen molar-refractivity contribution >= 4 is 23.2 Å². The van der Waals surface area contributed by atoms with Crippen LogP contribution in [0.5, 0.6) is 0 Å². The highest BCUT2D eigenvalue weighted by atomic mass is 35.5.